The molecule has 0 aliphatic heterocycles. The number of amides is 1. The number of carbonyl (C=O) groups excluding carboxylic acids is 1. The topological polar surface area (TPSA) is 71.0 Å². The molecule has 1 aromatic heterocycles. The molecule has 192 valence electrons. The minimum absolute atomic E-state index is 0.0349. The monoisotopic (exact) mass is 495 g/mol. The molecule has 0 spiro atoms. The summed E-state index contributed by atoms with van der Waals surface area (Å²) in [7, 11) is 0. The lowest BCUT2D eigenvalue weighted by atomic mass is 9.90. The molecule has 2 atom stereocenters. The van der Waals surface area contributed by atoms with Gasteiger partial charge in [-0.3, -0.25) is 4.79 Å². The van der Waals surface area contributed by atoms with Gasteiger partial charge in [-0.25, -0.2) is 4.98 Å². The van der Waals surface area contributed by atoms with Crippen molar-refractivity contribution in [3.63, 3.8) is 0 Å². The molecule has 1 aliphatic rings. The smallest absolute Gasteiger partial charge is 0.217 e. The predicted octanol–water partition coefficient (Wildman–Crippen LogP) is 6.76. The van der Waals surface area contributed by atoms with Gasteiger partial charge >= 0.3 is 0 Å². The highest BCUT2D eigenvalue weighted by Gasteiger charge is 2.26. The molecule has 5 rings (SSSR count). The maximum absolute atomic E-state index is 11.8. The summed E-state index contributed by atoms with van der Waals surface area (Å²) in [5.41, 5.74) is 7.80. The zero-order valence-electron chi connectivity index (χ0n) is 22.0. The van der Waals surface area contributed by atoms with E-state index in [-0.39, 0.29) is 18.0 Å². The Kier molecular flexibility index (Phi) is 7.45. The van der Waals surface area contributed by atoms with E-state index >= 15 is 0 Å². The molecule has 37 heavy (non-hydrogen) atoms. The quantitative estimate of drug-likeness (QED) is 0.253. The van der Waals surface area contributed by atoms with Crippen molar-refractivity contribution < 1.29 is 4.79 Å². The van der Waals surface area contributed by atoms with Crippen LogP contribution in [0.25, 0.3) is 22.2 Å². The van der Waals surface area contributed by atoms with Gasteiger partial charge in [-0.15, -0.1) is 0 Å². The van der Waals surface area contributed by atoms with Gasteiger partial charge in [-0.1, -0.05) is 67.4 Å². The third-order valence-corrected chi connectivity index (χ3v) is 7.29. The number of aromatic nitrogens is 2. The highest BCUT2D eigenvalue weighted by atomic mass is 16.1. The van der Waals surface area contributed by atoms with Gasteiger partial charge in [0.05, 0.1) is 17.5 Å². The van der Waals surface area contributed by atoms with E-state index in [1.807, 2.05) is 12.4 Å². The van der Waals surface area contributed by atoms with Gasteiger partial charge in [0.1, 0.15) is 5.52 Å². The van der Waals surface area contributed by atoms with Gasteiger partial charge in [0.25, 0.3) is 0 Å². The predicted molar refractivity (Wildman–Crippen MR) is 153 cm³/mol. The van der Waals surface area contributed by atoms with E-state index in [0.29, 0.717) is 12.6 Å². The van der Waals surface area contributed by atoms with Gasteiger partial charge in [0.2, 0.25) is 5.91 Å². The molecule has 4 aromatic rings. The van der Waals surface area contributed by atoms with Crippen LogP contribution in [-0.2, 0) is 11.3 Å². The number of carbonyl (C=O) groups is 1. The number of anilines is 2. The molecule has 6 nitrogen and oxygen atoms in total. The van der Waals surface area contributed by atoms with Crippen LogP contribution in [0.2, 0.25) is 0 Å². The average molecular weight is 496 g/mol. The van der Waals surface area contributed by atoms with E-state index < -0.39 is 0 Å². The van der Waals surface area contributed by atoms with Crippen LogP contribution in [0.3, 0.4) is 0 Å². The minimum Gasteiger partial charge on any atom is -0.380 e. The van der Waals surface area contributed by atoms with Crippen LogP contribution in [0.5, 0.6) is 0 Å². The summed E-state index contributed by atoms with van der Waals surface area (Å²) >= 11 is 0. The molecule has 6 heteroatoms. The molecule has 1 saturated carbocycles. The SMILES string of the molecule is CC(=O)N[C@H]1CCCC[C@@H]1Nc1cc(NCc2ccc(-c3ccccc3)cc2)c2ncn(C(C)C)c2c1. The van der Waals surface area contributed by atoms with Gasteiger partial charge in [0.15, 0.2) is 0 Å². The fraction of sp³-hybridized carbons (Fsp3) is 0.355. The Bertz CT molecular complexity index is 1340. The number of imidazole rings is 1. The van der Waals surface area contributed by atoms with Crippen LogP contribution >= 0.6 is 0 Å². The summed E-state index contributed by atoms with van der Waals surface area (Å²) < 4.78 is 2.21. The summed E-state index contributed by atoms with van der Waals surface area (Å²) in [6.07, 6.45) is 6.30. The van der Waals surface area contributed by atoms with Gasteiger partial charge in [0, 0.05) is 37.3 Å². The van der Waals surface area contributed by atoms with E-state index in [9.17, 15) is 4.79 Å². The van der Waals surface area contributed by atoms with Gasteiger partial charge < -0.3 is 20.5 Å². The van der Waals surface area contributed by atoms with Crippen molar-refractivity contribution >= 4 is 28.3 Å². The largest absolute Gasteiger partial charge is 0.380 e. The van der Waals surface area contributed by atoms with Crippen LogP contribution < -0.4 is 16.0 Å². The number of nitrogens with zero attached hydrogens (tertiary/aromatic N) is 2. The second-order valence-corrected chi connectivity index (χ2v) is 10.4. The van der Waals surface area contributed by atoms with Crippen LogP contribution in [0.4, 0.5) is 11.4 Å². The Morgan fingerprint density at radius 3 is 2.38 bits per heavy atom. The summed E-state index contributed by atoms with van der Waals surface area (Å²) in [6, 6.07) is 24.2. The normalized spacial score (nSPS) is 17.6. The number of nitrogens with one attached hydrogen (secondary N) is 3. The van der Waals surface area contributed by atoms with Crippen molar-refractivity contribution in [2.75, 3.05) is 10.6 Å². The number of fused-ring (bicyclic) bond motifs is 1. The zero-order valence-corrected chi connectivity index (χ0v) is 22.0. The minimum atomic E-state index is 0.0349. The summed E-state index contributed by atoms with van der Waals surface area (Å²) in [5.74, 6) is 0.0349. The van der Waals surface area contributed by atoms with E-state index in [2.05, 4.69) is 95.0 Å². The third kappa shape index (κ3) is 5.79. The van der Waals surface area contributed by atoms with Crippen molar-refractivity contribution in [2.24, 2.45) is 0 Å². The standard InChI is InChI=1S/C31H37N5O/c1-21(2)36-20-33-31-29(32-19-23-13-15-25(16-14-23)24-9-5-4-6-10-24)17-26(18-30(31)36)35-28-12-8-7-11-27(28)34-22(3)37/h4-6,9-10,13-18,20-21,27-28,32,35H,7-8,11-12,19H2,1-3H3,(H,34,37)/t27-,28-/m0/s1. The maximum Gasteiger partial charge on any atom is 0.217 e. The molecule has 3 N–H and O–H groups in total. The fourth-order valence-corrected chi connectivity index (χ4v) is 5.36. The number of rotatable bonds is 8. The van der Waals surface area contributed by atoms with Crippen molar-refractivity contribution in [2.45, 2.75) is 71.1 Å². The molecule has 1 aliphatic carbocycles. The van der Waals surface area contributed by atoms with Gasteiger partial charge in [-0.05, 0) is 55.5 Å². The molecule has 0 radical (unpaired) electrons. The van der Waals surface area contributed by atoms with Crippen LogP contribution in [0.15, 0.2) is 73.1 Å². The molecule has 1 heterocycles. The molecule has 3 aromatic carbocycles. The first-order valence-electron chi connectivity index (χ1n) is 13.4. The van der Waals surface area contributed by atoms with Crippen LogP contribution in [0.1, 0.15) is 58.1 Å². The lowest BCUT2D eigenvalue weighted by molar-refractivity contribution is -0.119. The third-order valence-electron chi connectivity index (χ3n) is 7.29. The Hall–Kier alpha value is -3.80. The van der Waals surface area contributed by atoms with E-state index in [0.717, 1.165) is 41.7 Å². The van der Waals surface area contributed by atoms with E-state index in [1.165, 1.54) is 23.1 Å². The van der Waals surface area contributed by atoms with Gasteiger partial charge in [-0.2, -0.15) is 0 Å². The lowest BCUT2D eigenvalue weighted by Gasteiger charge is -2.33. The van der Waals surface area contributed by atoms with Crippen molar-refractivity contribution in [3.8, 4) is 11.1 Å². The molecule has 0 saturated heterocycles. The molecule has 1 fully saturated rings. The second-order valence-electron chi connectivity index (χ2n) is 10.4. The second kappa shape index (κ2) is 11.1. The lowest BCUT2D eigenvalue weighted by Crippen LogP contribution is -2.47. The molecule has 0 unspecified atom stereocenters. The van der Waals surface area contributed by atoms with E-state index in [4.69, 9.17) is 4.98 Å². The number of hydrogen-bond donors (Lipinski definition) is 3. The van der Waals surface area contributed by atoms with Crippen molar-refractivity contribution in [3.05, 3.63) is 78.6 Å². The Morgan fingerprint density at radius 1 is 0.973 bits per heavy atom. The average Bonchev–Trinajstić information content (AvgIpc) is 3.33. The van der Waals surface area contributed by atoms with Crippen molar-refractivity contribution in [1.82, 2.24) is 14.9 Å². The molecular formula is C31H37N5O. The number of hydrogen-bond acceptors (Lipinski definition) is 4. The fourth-order valence-electron chi connectivity index (χ4n) is 5.36. The highest BCUT2D eigenvalue weighted by Crippen LogP contribution is 2.31. The first-order valence-corrected chi connectivity index (χ1v) is 13.4. The zero-order chi connectivity index (χ0) is 25.8. The highest BCUT2D eigenvalue weighted by molar-refractivity contribution is 5.92. The maximum atomic E-state index is 11.8. The summed E-state index contributed by atoms with van der Waals surface area (Å²) in [5, 5.41) is 10.6. The van der Waals surface area contributed by atoms with Crippen LogP contribution in [0, 0.1) is 0 Å². The van der Waals surface area contributed by atoms with E-state index in [1.54, 1.807) is 6.92 Å². The Balaban J connectivity index is 1.39. The van der Waals surface area contributed by atoms with Crippen LogP contribution in [-0.4, -0.2) is 27.5 Å². The Labute approximate surface area is 219 Å². The summed E-state index contributed by atoms with van der Waals surface area (Å²) in [6.45, 7) is 6.67. The first-order chi connectivity index (χ1) is 18.0. The first kappa shape index (κ1) is 24.9. The Morgan fingerprint density at radius 2 is 1.68 bits per heavy atom. The summed E-state index contributed by atoms with van der Waals surface area (Å²) in [4.78, 5) is 16.5. The molecule has 1 amide bonds. The molecular weight excluding hydrogens is 458 g/mol. The number of benzene rings is 3. The van der Waals surface area contributed by atoms with Crippen molar-refractivity contribution in [1.29, 1.82) is 0 Å². The molecule has 0 bridgehead atoms.